The second-order valence-electron chi connectivity index (χ2n) is 7.40. The number of carbonyl (C=O) groups is 1. The van der Waals surface area contributed by atoms with Crippen LogP contribution in [0.2, 0.25) is 0 Å². The maximum Gasteiger partial charge on any atom is 0.223 e. The molecule has 2 fully saturated rings. The third kappa shape index (κ3) is 3.93. The second kappa shape index (κ2) is 7.64. The molecule has 144 valence electrons. The molecule has 2 aliphatic heterocycles. The van der Waals surface area contributed by atoms with Crippen molar-refractivity contribution in [2.75, 3.05) is 18.8 Å². The van der Waals surface area contributed by atoms with Crippen LogP contribution in [0.4, 0.5) is 4.39 Å². The summed E-state index contributed by atoms with van der Waals surface area (Å²) in [6.07, 6.45) is 4.16. The first kappa shape index (κ1) is 19.3. The van der Waals surface area contributed by atoms with Crippen LogP contribution in [-0.4, -0.2) is 47.9 Å². The number of halogens is 1. The molecule has 1 amide bonds. The number of nitrogens with zero attached hydrogens (tertiary/aromatic N) is 2. The van der Waals surface area contributed by atoms with Crippen molar-refractivity contribution in [1.82, 2.24) is 9.21 Å². The lowest BCUT2D eigenvalue weighted by atomic mass is 9.85. The fourth-order valence-electron chi connectivity index (χ4n) is 4.06. The van der Waals surface area contributed by atoms with E-state index in [0.29, 0.717) is 45.3 Å². The Morgan fingerprint density at radius 2 is 1.77 bits per heavy atom. The molecule has 1 spiro atoms. The van der Waals surface area contributed by atoms with Gasteiger partial charge in [0.25, 0.3) is 0 Å². The molecule has 1 aromatic carbocycles. The summed E-state index contributed by atoms with van der Waals surface area (Å²) < 4.78 is 39.6. The molecule has 7 heteroatoms. The van der Waals surface area contributed by atoms with Crippen molar-refractivity contribution in [3.05, 3.63) is 35.6 Å². The van der Waals surface area contributed by atoms with Crippen LogP contribution in [0.5, 0.6) is 0 Å². The first-order valence-corrected chi connectivity index (χ1v) is 11.0. The molecule has 0 N–H and O–H groups in total. The van der Waals surface area contributed by atoms with Gasteiger partial charge in [-0.15, -0.1) is 0 Å². The molecule has 0 radical (unpaired) electrons. The molecule has 1 aromatic rings. The van der Waals surface area contributed by atoms with Gasteiger partial charge in [0.15, 0.2) is 0 Å². The highest BCUT2D eigenvalue weighted by atomic mass is 32.2. The zero-order valence-corrected chi connectivity index (χ0v) is 16.1. The standard InChI is InChI=1S/C19H27FN2O3S/c1-2-3-14-26(24,25)21-12-10-19(11-13-21)9-8-18(23)22(19)15-16-4-6-17(20)7-5-16/h4-7H,2-3,8-15H2,1H3. The van der Waals surface area contributed by atoms with Crippen LogP contribution < -0.4 is 0 Å². The minimum absolute atomic E-state index is 0.108. The Morgan fingerprint density at radius 3 is 2.38 bits per heavy atom. The smallest absolute Gasteiger partial charge is 0.223 e. The van der Waals surface area contributed by atoms with Gasteiger partial charge in [0, 0.05) is 31.6 Å². The zero-order valence-electron chi connectivity index (χ0n) is 15.3. The molecule has 0 aliphatic carbocycles. The van der Waals surface area contributed by atoms with Crippen LogP contribution >= 0.6 is 0 Å². The number of piperidine rings is 1. The van der Waals surface area contributed by atoms with Gasteiger partial charge >= 0.3 is 0 Å². The van der Waals surface area contributed by atoms with Gasteiger partial charge in [-0.05, 0) is 43.4 Å². The van der Waals surface area contributed by atoms with Gasteiger partial charge in [0.1, 0.15) is 5.82 Å². The van der Waals surface area contributed by atoms with Gasteiger partial charge in [-0.1, -0.05) is 25.5 Å². The Labute approximate surface area is 155 Å². The van der Waals surface area contributed by atoms with Crippen LogP contribution in [0, 0.1) is 5.82 Å². The summed E-state index contributed by atoms with van der Waals surface area (Å²) in [7, 11) is -3.20. The maximum atomic E-state index is 13.1. The van der Waals surface area contributed by atoms with E-state index < -0.39 is 10.0 Å². The zero-order chi connectivity index (χ0) is 18.8. The van der Waals surface area contributed by atoms with E-state index in [1.807, 2.05) is 11.8 Å². The third-order valence-corrected chi connectivity index (χ3v) is 7.69. The largest absolute Gasteiger partial charge is 0.333 e. The van der Waals surface area contributed by atoms with Crippen molar-refractivity contribution >= 4 is 15.9 Å². The quantitative estimate of drug-likeness (QED) is 0.760. The Hall–Kier alpha value is -1.47. The lowest BCUT2D eigenvalue weighted by Gasteiger charge is -2.44. The average molecular weight is 383 g/mol. The van der Waals surface area contributed by atoms with E-state index >= 15 is 0 Å². The van der Waals surface area contributed by atoms with Gasteiger partial charge in [0.05, 0.1) is 5.75 Å². The highest BCUT2D eigenvalue weighted by molar-refractivity contribution is 7.89. The Kier molecular flexibility index (Phi) is 5.67. The molecule has 0 bridgehead atoms. The van der Waals surface area contributed by atoms with Crippen molar-refractivity contribution in [1.29, 1.82) is 0 Å². The Bertz CT molecular complexity index is 741. The maximum absolute atomic E-state index is 13.1. The second-order valence-corrected chi connectivity index (χ2v) is 9.49. The lowest BCUT2D eigenvalue weighted by molar-refractivity contribution is -0.133. The van der Waals surface area contributed by atoms with E-state index in [-0.39, 0.29) is 23.0 Å². The summed E-state index contributed by atoms with van der Waals surface area (Å²) in [5.74, 6) is 0.0211. The van der Waals surface area contributed by atoms with Crippen LogP contribution in [-0.2, 0) is 21.4 Å². The minimum Gasteiger partial charge on any atom is -0.333 e. The number of unbranched alkanes of at least 4 members (excludes halogenated alkanes) is 1. The first-order chi connectivity index (χ1) is 12.4. The minimum atomic E-state index is -3.20. The van der Waals surface area contributed by atoms with Crippen LogP contribution in [0.1, 0.15) is 51.0 Å². The number of hydrogen-bond donors (Lipinski definition) is 0. The number of carbonyl (C=O) groups excluding carboxylic acids is 1. The van der Waals surface area contributed by atoms with Gasteiger partial charge in [0.2, 0.25) is 15.9 Å². The summed E-state index contributed by atoms with van der Waals surface area (Å²) in [4.78, 5) is 14.4. The van der Waals surface area contributed by atoms with Crippen LogP contribution in [0.15, 0.2) is 24.3 Å². The molecule has 0 aromatic heterocycles. The molecule has 2 aliphatic rings. The Balaban J connectivity index is 1.69. The van der Waals surface area contributed by atoms with Gasteiger partial charge in [-0.2, -0.15) is 0 Å². The average Bonchev–Trinajstić information content (AvgIpc) is 2.92. The number of likely N-dealkylation sites (tertiary alicyclic amines) is 1. The van der Waals surface area contributed by atoms with Crippen molar-refractivity contribution < 1.29 is 17.6 Å². The van der Waals surface area contributed by atoms with Gasteiger partial charge < -0.3 is 4.90 Å². The van der Waals surface area contributed by atoms with Crippen molar-refractivity contribution in [2.45, 2.75) is 57.5 Å². The molecule has 0 unspecified atom stereocenters. The fourth-order valence-corrected chi connectivity index (χ4v) is 5.71. The van der Waals surface area contributed by atoms with E-state index in [1.165, 1.54) is 12.1 Å². The number of sulfonamides is 1. The van der Waals surface area contributed by atoms with Crippen molar-refractivity contribution in [3.8, 4) is 0 Å². The normalized spacial score (nSPS) is 20.8. The lowest BCUT2D eigenvalue weighted by Crippen LogP contribution is -2.54. The molecule has 2 saturated heterocycles. The molecule has 26 heavy (non-hydrogen) atoms. The van der Waals surface area contributed by atoms with Crippen LogP contribution in [0.25, 0.3) is 0 Å². The Morgan fingerprint density at radius 1 is 1.12 bits per heavy atom. The summed E-state index contributed by atoms with van der Waals surface area (Å²) in [5, 5.41) is 0. The van der Waals surface area contributed by atoms with E-state index in [9.17, 15) is 17.6 Å². The highest BCUT2D eigenvalue weighted by Crippen LogP contribution is 2.40. The highest BCUT2D eigenvalue weighted by Gasteiger charge is 2.47. The SMILES string of the molecule is CCCCS(=O)(=O)N1CCC2(CCC(=O)N2Cc2ccc(F)cc2)CC1. The summed E-state index contributed by atoms with van der Waals surface area (Å²) in [5.41, 5.74) is 0.640. The fraction of sp³-hybridized carbons (Fsp3) is 0.632. The topological polar surface area (TPSA) is 57.7 Å². The van der Waals surface area contributed by atoms with E-state index in [0.717, 1.165) is 18.4 Å². The molecular weight excluding hydrogens is 355 g/mol. The molecule has 0 atom stereocenters. The first-order valence-electron chi connectivity index (χ1n) is 9.39. The van der Waals surface area contributed by atoms with E-state index in [4.69, 9.17) is 0 Å². The summed E-state index contributed by atoms with van der Waals surface area (Å²) in [6.45, 7) is 3.39. The summed E-state index contributed by atoms with van der Waals surface area (Å²) in [6, 6.07) is 6.23. The van der Waals surface area contributed by atoms with Gasteiger partial charge in [-0.25, -0.2) is 17.1 Å². The predicted octanol–water partition coefficient (Wildman–Crippen LogP) is 2.91. The third-order valence-electron chi connectivity index (χ3n) is 5.73. The molecule has 3 rings (SSSR count). The number of hydrogen-bond acceptors (Lipinski definition) is 3. The summed E-state index contributed by atoms with van der Waals surface area (Å²) >= 11 is 0. The predicted molar refractivity (Wildman–Crippen MR) is 98.4 cm³/mol. The van der Waals surface area contributed by atoms with Crippen molar-refractivity contribution in [2.24, 2.45) is 0 Å². The number of amides is 1. The van der Waals surface area contributed by atoms with Crippen LogP contribution in [0.3, 0.4) is 0 Å². The van der Waals surface area contributed by atoms with E-state index in [2.05, 4.69) is 0 Å². The van der Waals surface area contributed by atoms with Gasteiger partial charge in [-0.3, -0.25) is 4.79 Å². The number of rotatable bonds is 6. The number of benzene rings is 1. The molecular formula is C19H27FN2O3S. The monoisotopic (exact) mass is 382 g/mol. The molecule has 0 saturated carbocycles. The van der Waals surface area contributed by atoms with Crippen molar-refractivity contribution in [3.63, 3.8) is 0 Å². The van der Waals surface area contributed by atoms with E-state index in [1.54, 1.807) is 16.4 Å². The molecule has 2 heterocycles. The molecule has 5 nitrogen and oxygen atoms in total.